The number of anilines is 1. The van der Waals surface area contributed by atoms with Gasteiger partial charge in [-0.25, -0.2) is 0 Å². The topological polar surface area (TPSA) is 43.1 Å². The Morgan fingerprint density at radius 1 is 1.58 bits per heavy atom. The van der Waals surface area contributed by atoms with Gasteiger partial charge < -0.3 is 10.5 Å². The predicted molar refractivity (Wildman–Crippen MR) is 58.1 cm³/mol. The molecular formula is C9H10INO. The fourth-order valence-corrected chi connectivity index (χ4v) is 2.02. The molecule has 0 saturated heterocycles. The molecular weight excluding hydrogens is 265 g/mol. The fourth-order valence-electron chi connectivity index (χ4n) is 0.986. The van der Waals surface area contributed by atoms with Crippen LogP contribution in [0.1, 0.15) is 18.4 Å². The molecule has 2 nitrogen and oxygen atoms in total. The van der Waals surface area contributed by atoms with Gasteiger partial charge in [0.15, 0.2) is 0 Å². The molecule has 0 aliphatic carbocycles. The molecule has 0 heterocycles. The zero-order valence-electron chi connectivity index (χ0n) is 6.75. The van der Waals surface area contributed by atoms with E-state index in [0.717, 1.165) is 21.1 Å². The summed E-state index contributed by atoms with van der Waals surface area (Å²) in [6.45, 7) is 1.88. The van der Waals surface area contributed by atoms with Crippen molar-refractivity contribution in [3.8, 4) is 0 Å². The lowest BCUT2D eigenvalue weighted by Crippen LogP contribution is -1.98. The van der Waals surface area contributed by atoms with Crippen LogP contribution >= 0.6 is 22.6 Å². The van der Waals surface area contributed by atoms with Crippen molar-refractivity contribution >= 4 is 34.6 Å². The second-order valence-corrected chi connectivity index (χ2v) is 3.87. The lowest BCUT2D eigenvalue weighted by molar-refractivity contribution is -0.108. The highest BCUT2D eigenvalue weighted by Crippen LogP contribution is 2.22. The predicted octanol–water partition coefficient (Wildman–Crippen LogP) is 2.18. The monoisotopic (exact) mass is 275 g/mol. The Hall–Kier alpha value is -0.580. The van der Waals surface area contributed by atoms with E-state index in [1.54, 1.807) is 0 Å². The molecule has 0 amide bonds. The van der Waals surface area contributed by atoms with Gasteiger partial charge >= 0.3 is 0 Å². The molecule has 0 spiro atoms. The molecule has 1 aromatic carbocycles. The van der Waals surface area contributed by atoms with E-state index in [9.17, 15) is 4.79 Å². The van der Waals surface area contributed by atoms with Crippen molar-refractivity contribution in [3.05, 3.63) is 27.3 Å². The Bertz CT molecular complexity index is 299. The van der Waals surface area contributed by atoms with Gasteiger partial charge in [-0.3, -0.25) is 0 Å². The highest BCUT2D eigenvalue weighted by Gasteiger charge is 2.07. The molecule has 2 N–H and O–H groups in total. The molecule has 0 bridgehead atoms. The third kappa shape index (κ3) is 1.97. The number of halogens is 1. The van der Waals surface area contributed by atoms with Crippen LogP contribution in [0, 0.1) is 3.57 Å². The maximum Gasteiger partial charge on any atom is 0.127 e. The summed E-state index contributed by atoms with van der Waals surface area (Å²) in [5, 5.41) is 0. The molecule has 0 aliphatic rings. The van der Waals surface area contributed by atoms with Crippen molar-refractivity contribution in [2.75, 3.05) is 5.73 Å². The van der Waals surface area contributed by atoms with Gasteiger partial charge in [-0.05, 0) is 40.3 Å². The Morgan fingerprint density at radius 2 is 2.25 bits per heavy atom. The first-order chi connectivity index (χ1) is 5.65. The van der Waals surface area contributed by atoms with Gasteiger partial charge in [0.2, 0.25) is 0 Å². The Labute approximate surface area is 85.3 Å². The number of carbonyl (C=O) groups excluding carboxylic acids is 1. The Morgan fingerprint density at radius 3 is 2.75 bits per heavy atom. The number of nitrogens with two attached hydrogens (primary N) is 1. The molecule has 0 radical (unpaired) electrons. The molecule has 0 fully saturated rings. The molecule has 0 aromatic heterocycles. The van der Waals surface area contributed by atoms with Crippen LogP contribution in [0.3, 0.4) is 0 Å². The van der Waals surface area contributed by atoms with E-state index in [4.69, 9.17) is 5.73 Å². The van der Waals surface area contributed by atoms with Crippen LogP contribution in [0.4, 0.5) is 5.69 Å². The van der Waals surface area contributed by atoms with Crippen LogP contribution < -0.4 is 5.73 Å². The van der Waals surface area contributed by atoms with E-state index < -0.39 is 0 Å². The summed E-state index contributed by atoms with van der Waals surface area (Å²) in [6, 6.07) is 5.59. The molecule has 1 atom stereocenters. The average molecular weight is 275 g/mol. The minimum atomic E-state index is -0.0440. The minimum absolute atomic E-state index is 0.0440. The molecule has 0 saturated carbocycles. The maximum absolute atomic E-state index is 10.5. The van der Waals surface area contributed by atoms with Gasteiger partial charge in [0.1, 0.15) is 6.29 Å². The van der Waals surface area contributed by atoms with E-state index in [0.29, 0.717) is 0 Å². The standard InChI is InChI=1S/C9H10INO/c1-6(5-12)8-3-2-7(11)4-9(8)10/h2-6H,11H2,1H3. The van der Waals surface area contributed by atoms with Crippen molar-refractivity contribution in [1.82, 2.24) is 0 Å². The summed E-state index contributed by atoms with van der Waals surface area (Å²) in [4.78, 5) is 10.5. The van der Waals surface area contributed by atoms with Crippen molar-refractivity contribution in [2.45, 2.75) is 12.8 Å². The maximum atomic E-state index is 10.5. The summed E-state index contributed by atoms with van der Waals surface area (Å²) < 4.78 is 1.05. The highest BCUT2D eigenvalue weighted by molar-refractivity contribution is 14.1. The van der Waals surface area contributed by atoms with Crippen LogP contribution in [0.2, 0.25) is 0 Å². The molecule has 1 aromatic rings. The van der Waals surface area contributed by atoms with Crippen LogP contribution in [-0.2, 0) is 4.79 Å². The summed E-state index contributed by atoms with van der Waals surface area (Å²) in [5.41, 5.74) is 7.35. The summed E-state index contributed by atoms with van der Waals surface area (Å²) in [5.74, 6) is -0.0440. The molecule has 64 valence electrons. The van der Waals surface area contributed by atoms with E-state index in [1.807, 2.05) is 25.1 Å². The second kappa shape index (κ2) is 3.89. The van der Waals surface area contributed by atoms with E-state index in [1.165, 1.54) is 0 Å². The van der Waals surface area contributed by atoms with Gasteiger partial charge in [-0.1, -0.05) is 13.0 Å². The number of benzene rings is 1. The summed E-state index contributed by atoms with van der Waals surface area (Å²) in [7, 11) is 0. The molecule has 12 heavy (non-hydrogen) atoms. The lowest BCUT2D eigenvalue weighted by atomic mass is 10.0. The van der Waals surface area contributed by atoms with Crippen molar-refractivity contribution in [2.24, 2.45) is 0 Å². The number of carbonyl (C=O) groups is 1. The first-order valence-electron chi connectivity index (χ1n) is 3.65. The van der Waals surface area contributed by atoms with Gasteiger partial charge in [-0.2, -0.15) is 0 Å². The number of nitrogen functional groups attached to an aromatic ring is 1. The molecule has 1 rings (SSSR count). The number of hydrogen-bond donors (Lipinski definition) is 1. The summed E-state index contributed by atoms with van der Waals surface area (Å²) in [6.07, 6.45) is 0.938. The smallest absolute Gasteiger partial charge is 0.127 e. The van der Waals surface area contributed by atoms with Gasteiger partial charge in [-0.15, -0.1) is 0 Å². The number of aldehydes is 1. The SMILES string of the molecule is CC(C=O)c1ccc(N)cc1I. The Kier molecular flexibility index (Phi) is 3.08. The second-order valence-electron chi connectivity index (χ2n) is 2.71. The van der Waals surface area contributed by atoms with Gasteiger partial charge in [0.05, 0.1) is 0 Å². The minimum Gasteiger partial charge on any atom is -0.399 e. The van der Waals surface area contributed by atoms with Crippen LogP contribution in [0.5, 0.6) is 0 Å². The van der Waals surface area contributed by atoms with Gasteiger partial charge in [0.25, 0.3) is 0 Å². The van der Waals surface area contributed by atoms with Crippen molar-refractivity contribution in [1.29, 1.82) is 0 Å². The zero-order chi connectivity index (χ0) is 9.14. The number of rotatable bonds is 2. The number of hydrogen-bond acceptors (Lipinski definition) is 2. The molecule has 1 unspecified atom stereocenters. The fraction of sp³-hybridized carbons (Fsp3) is 0.222. The van der Waals surface area contributed by atoms with Crippen LogP contribution in [0.15, 0.2) is 18.2 Å². The lowest BCUT2D eigenvalue weighted by Gasteiger charge is -2.07. The molecule has 0 aliphatic heterocycles. The van der Waals surface area contributed by atoms with Crippen LogP contribution in [-0.4, -0.2) is 6.29 Å². The molecule has 3 heteroatoms. The van der Waals surface area contributed by atoms with E-state index in [2.05, 4.69) is 22.6 Å². The van der Waals surface area contributed by atoms with E-state index in [-0.39, 0.29) is 5.92 Å². The first kappa shape index (κ1) is 9.51. The first-order valence-corrected chi connectivity index (χ1v) is 4.73. The summed E-state index contributed by atoms with van der Waals surface area (Å²) >= 11 is 2.19. The highest BCUT2D eigenvalue weighted by atomic mass is 127. The van der Waals surface area contributed by atoms with Crippen LogP contribution in [0.25, 0.3) is 0 Å². The zero-order valence-corrected chi connectivity index (χ0v) is 8.91. The quantitative estimate of drug-likeness (QED) is 0.510. The van der Waals surface area contributed by atoms with E-state index >= 15 is 0 Å². The third-order valence-corrected chi connectivity index (χ3v) is 2.65. The van der Waals surface area contributed by atoms with Crippen molar-refractivity contribution < 1.29 is 4.79 Å². The largest absolute Gasteiger partial charge is 0.399 e. The normalized spacial score (nSPS) is 12.5. The average Bonchev–Trinajstić information content (AvgIpc) is 2.03. The van der Waals surface area contributed by atoms with Gasteiger partial charge in [0, 0.05) is 15.2 Å². The third-order valence-electron chi connectivity index (χ3n) is 1.72. The van der Waals surface area contributed by atoms with Crippen molar-refractivity contribution in [3.63, 3.8) is 0 Å². The Balaban J connectivity index is 3.09.